The van der Waals surface area contributed by atoms with Gasteiger partial charge in [0, 0.05) is 11.4 Å². The molecule has 4 heterocycles. The quantitative estimate of drug-likeness (QED) is 0.318. The molecule has 0 spiro atoms. The number of aromatic nitrogens is 5. The van der Waals surface area contributed by atoms with Crippen LogP contribution in [0.25, 0.3) is 16.9 Å². The van der Waals surface area contributed by atoms with E-state index in [1.165, 1.54) is 15.3 Å². The van der Waals surface area contributed by atoms with Crippen LogP contribution >= 0.6 is 0 Å². The number of aliphatic carboxylic acids is 1. The molecule has 0 aliphatic carbocycles. The van der Waals surface area contributed by atoms with E-state index in [1.54, 1.807) is 6.92 Å². The van der Waals surface area contributed by atoms with Crippen LogP contribution in [0.2, 0.25) is 0 Å². The van der Waals surface area contributed by atoms with Crippen molar-refractivity contribution in [1.82, 2.24) is 23.9 Å². The highest BCUT2D eigenvalue weighted by molar-refractivity contribution is 5.73. The van der Waals surface area contributed by atoms with Crippen LogP contribution < -0.4 is 11.3 Å². The van der Waals surface area contributed by atoms with Gasteiger partial charge in [0.25, 0.3) is 5.56 Å². The first-order chi connectivity index (χ1) is 14.2. The lowest BCUT2D eigenvalue weighted by Gasteiger charge is -2.14. The van der Waals surface area contributed by atoms with Gasteiger partial charge in [0.1, 0.15) is 18.2 Å². The highest BCUT2D eigenvalue weighted by atomic mass is 19.1. The van der Waals surface area contributed by atoms with Crippen molar-refractivity contribution in [3.8, 4) is 0 Å². The minimum atomic E-state index is -1.85. The molecular formula is C17H21FN6O6. The maximum atomic E-state index is 14.5. The number of aliphatic hydroxyl groups is 2. The minimum absolute atomic E-state index is 0.0481. The molecule has 12 nitrogen and oxygen atoms in total. The molecule has 1 aliphatic rings. The van der Waals surface area contributed by atoms with E-state index < -0.39 is 48.8 Å². The third-order valence-corrected chi connectivity index (χ3v) is 5.36. The van der Waals surface area contributed by atoms with Crippen molar-refractivity contribution < 1.29 is 29.2 Å². The molecule has 0 amide bonds. The summed E-state index contributed by atoms with van der Waals surface area (Å²) in [5.74, 6) is -0.974. The van der Waals surface area contributed by atoms with Gasteiger partial charge in [0.05, 0.1) is 12.9 Å². The topological polar surface area (TPSA) is 181 Å². The predicted octanol–water partition coefficient (Wildman–Crippen LogP) is -1.39. The summed E-state index contributed by atoms with van der Waals surface area (Å²) in [6.45, 7) is 1.14. The lowest BCUT2D eigenvalue weighted by molar-refractivity contribution is -0.138. The Labute approximate surface area is 167 Å². The number of carboxylic acids is 1. The molecular weight excluding hydrogens is 403 g/mol. The molecule has 5 atom stereocenters. The van der Waals surface area contributed by atoms with Gasteiger partial charge in [-0.25, -0.2) is 13.8 Å². The van der Waals surface area contributed by atoms with Crippen molar-refractivity contribution in [2.24, 2.45) is 5.73 Å². The van der Waals surface area contributed by atoms with Gasteiger partial charge in [0.2, 0.25) is 5.78 Å². The van der Waals surface area contributed by atoms with Crippen molar-refractivity contribution in [3.05, 3.63) is 28.1 Å². The van der Waals surface area contributed by atoms with Crippen molar-refractivity contribution >= 4 is 22.9 Å². The van der Waals surface area contributed by atoms with E-state index in [1.807, 2.05) is 0 Å². The standard InChI is InChI=1S/C17H21FN6O6/c1-6-8(3-2-7(19)16(28)29)24-14(27)11-13(22-17(24)21-6)23(5-20-11)15-10(18)12(26)9(4-25)30-15/h5,7,9-10,12,15,25-26H,2-4,19H2,1H3,(H,21,22)(H,28,29)/t7?,9-,10+,12?,15-/m1/s1. The molecule has 162 valence electrons. The smallest absolute Gasteiger partial charge is 0.320 e. The first kappa shape index (κ1) is 20.4. The Morgan fingerprint density at radius 2 is 2.23 bits per heavy atom. The molecule has 2 unspecified atom stereocenters. The van der Waals surface area contributed by atoms with E-state index in [0.29, 0.717) is 11.4 Å². The zero-order chi connectivity index (χ0) is 21.7. The van der Waals surface area contributed by atoms with Crippen LogP contribution in [0, 0.1) is 6.92 Å². The van der Waals surface area contributed by atoms with Gasteiger partial charge in [-0.3, -0.25) is 14.2 Å². The number of carboxylic acid groups (broad SMARTS) is 1. The molecule has 3 aromatic rings. The van der Waals surface area contributed by atoms with Gasteiger partial charge in [-0.1, -0.05) is 0 Å². The number of ether oxygens (including phenoxy) is 1. The molecule has 0 radical (unpaired) electrons. The number of nitrogens with two attached hydrogens (primary N) is 1. The number of alkyl halides is 1. The Hall–Kier alpha value is -2.87. The van der Waals surface area contributed by atoms with E-state index in [2.05, 4.69) is 15.0 Å². The molecule has 0 bridgehead atoms. The Balaban J connectivity index is 1.78. The lowest BCUT2D eigenvalue weighted by atomic mass is 10.1. The van der Waals surface area contributed by atoms with E-state index in [0.717, 1.165) is 0 Å². The zero-order valence-electron chi connectivity index (χ0n) is 15.9. The summed E-state index contributed by atoms with van der Waals surface area (Å²) in [6.07, 6.45) is -4.27. The maximum Gasteiger partial charge on any atom is 0.320 e. The highest BCUT2D eigenvalue weighted by Crippen LogP contribution is 2.33. The average Bonchev–Trinajstić information content (AvgIpc) is 3.35. The molecule has 0 saturated carbocycles. The van der Waals surface area contributed by atoms with Gasteiger partial charge in [0.15, 0.2) is 23.6 Å². The second-order valence-electron chi connectivity index (χ2n) is 7.26. The van der Waals surface area contributed by atoms with Crippen molar-refractivity contribution in [1.29, 1.82) is 0 Å². The number of halogens is 1. The number of nitrogens with one attached hydrogen (secondary N) is 1. The molecule has 6 N–H and O–H groups in total. The summed E-state index contributed by atoms with van der Waals surface area (Å²) in [6, 6.07) is -1.08. The molecule has 4 rings (SSSR count). The summed E-state index contributed by atoms with van der Waals surface area (Å²) < 4.78 is 22.4. The van der Waals surface area contributed by atoms with Crippen LogP contribution in [0.3, 0.4) is 0 Å². The van der Waals surface area contributed by atoms with Gasteiger partial charge < -0.3 is 30.8 Å². The van der Waals surface area contributed by atoms with Crippen LogP contribution in [0.4, 0.5) is 4.39 Å². The van der Waals surface area contributed by atoms with E-state index in [9.17, 15) is 24.2 Å². The predicted molar refractivity (Wildman–Crippen MR) is 99.7 cm³/mol. The first-order valence-corrected chi connectivity index (χ1v) is 9.28. The molecule has 0 aromatic carbocycles. The summed E-state index contributed by atoms with van der Waals surface area (Å²) in [5.41, 5.74) is 6.16. The SMILES string of the molecule is Cc1[nH]c2nc3c(ncn3[C@@H]3O[C@H](CO)C(O)[C@@H]3F)c(=O)n2c1CCC(N)C(=O)O. The third kappa shape index (κ3) is 3.06. The molecule has 1 aliphatic heterocycles. The summed E-state index contributed by atoms with van der Waals surface area (Å²) in [5, 5.41) is 28.1. The van der Waals surface area contributed by atoms with Gasteiger partial charge in [-0.05, 0) is 19.8 Å². The van der Waals surface area contributed by atoms with Gasteiger partial charge >= 0.3 is 5.97 Å². The lowest BCUT2D eigenvalue weighted by Crippen LogP contribution is -2.31. The average molecular weight is 424 g/mol. The van der Waals surface area contributed by atoms with Crippen molar-refractivity contribution in [3.63, 3.8) is 0 Å². The molecule has 13 heteroatoms. The van der Waals surface area contributed by atoms with Crippen molar-refractivity contribution in [2.75, 3.05) is 6.61 Å². The van der Waals surface area contributed by atoms with Crippen LogP contribution in [0.1, 0.15) is 24.0 Å². The Morgan fingerprint density at radius 1 is 1.50 bits per heavy atom. The number of aliphatic hydroxyl groups excluding tert-OH is 2. The van der Waals surface area contributed by atoms with Gasteiger partial charge in [-0.15, -0.1) is 0 Å². The van der Waals surface area contributed by atoms with Crippen LogP contribution in [0.5, 0.6) is 0 Å². The van der Waals surface area contributed by atoms with Gasteiger partial charge in [-0.2, -0.15) is 4.98 Å². The molecule has 3 aromatic heterocycles. The molecule has 1 saturated heterocycles. The second kappa shape index (κ2) is 7.43. The Kier molecular flexibility index (Phi) is 5.05. The zero-order valence-corrected chi connectivity index (χ0v) is 15.9. The number of H-pyrrole nitrogens is 1. The van der Waals surface area contributed by atoms with Crippen LogP contribution in [-0.2, 0) is 16.0 Å². The molecule has 30 heavy (non-hydrogen) atoms. The Morgan fingerprint density at radius 3 is 2.87 bits per heavy atom. The number of rotatable bonds is 6. The first-order valence-electron chi connectivity index (χ1n) is 9.28. The second-order valence-corrected chi connectivity index (χ2v) is 7.26. The number of nitrogens with zero attached hydrogens (tertiary/aromatic N) is 4. The number of carbonyl (C=O) groups is 1. The number of fused-ring (bicyclic) bond motifs is 2. The number of imidazole rings is 2. The number of aromatic amines is 1. The molecule has 1 fully saturated rings. The fourth-order valence-corrected chi connectivity index (χ4v) is 3.69. The van der Waals surface area contributed by atoms with Crippen LogP contribution in [0.15, 0.2) is 11.1 Å². The van der Waals surface area contributed by atoms with E-state index in [-0.39, 0.29) is 29.8 Å². The van der Waals surface area contributed by atoms with Crippen molar-refractivity contribution in [2.45, 2.75) is 50.4 Å². The number of hydrogen-bond donors (Lipinski definition) is 5. The normalized spacial score (nSPS) is 25.4. The van der Waals surface area contributed by atoms with Crippen LogP contribution in [-0.4, -0.2) is 76.2 Å². The maximum absolute atomic E-state index is 14.5. The monoisotopic (exact) mass is 424 g/mol. The van der Waals surface area contributed by atoms with E-state index >= 15 is 0 Å². The number of hydrogen-bond acceptors (Lipinski definition) is 8. The Bertz CT molecular complexity index is 1170. The third-order valence-electron chi connectivity index (χ3n) is 5.36. The summed E-state index contributed by atoms with van der Waals surface area (Å²) in [4.78, 5) is 35.4. The summed E-state index contributed by atoms with van der Waals surface area (Å²) >= 11 is 0. The summed E-state index contributed by atoms with van der Waals surface area (Å²) in [7, 11) is 0. The fourth-order valence-electron chi connectivity index (χ4n) is 3.69. The number of aryl methyl sites for hydroxylation is 2. The fraction of sp³-hybridized carbons (Fsp3) is 0.529. The highest BCUT2D eigenvalue weighted by Gasteiger charge is 2.45. The van der Waals surface area contributed by atoms with E-state index in [4.69, 9.17) is 15.6 Å². The minimum Gasteiger partial charge on any atom is -0.480 e. The largest absolute Gasteiger partial charge is 0.480 e.